The van der Waals surface area contributed by atoms with Gasteiger partial charge in [-0.2, -0.15) is 0 Å². The summed E-state index contributed by atoms with van der Waals surface area (Å²) in [6.45, 7) is 7.56. The molecule has 0 heterocycles. The fourth-order valence-corrected chi connectivity index (χ4v) is 4.46. The van der Waals surface area contributed by atoms with Crippen molar-refractivity contribution in [1.29, 1.82) is 0 Å². The summed E-state index contributed by atoms with van der Waals surface area (Å²) in [6.07, 6.45) is 35.3. The van der Waals surface area contributed by atoms with Crippen LogP contribution < -0.4 is 0 Å². The molecule has 2 nitrogen and oxygen atoms in total. The van der Waals surface area contributed by atoms with Gasteiger partial charge < -0.3 is 4.74 Å². The maximum absolute atomic E-state index is 11.8. The second kappa shape index (κ2) is 28.4. The van der Waals surface area contributed by atoms with Gasteiger partial charge in [0.1, 0.15) is 0 Å². The van der Waals surface area contributed by atoms with Gasteiger partial charge in [-0.1, -0.05) is 142 Å². The van der Waals surface area contributed by atoms with Crippen LogP contribution in [0.25, 0.3) is 0 Å². The van der Waals surface area contributed by atoms with Crippen molar-refractivity contribution in [2.45, 2.75) is 175 Å². The van der Waals surface area contributed by atoms with Gasteiger partial charge in [0.05, 0.1) is 6.61 Å². The highest BCUT2D eigenvalue weighted by Gasteiger charge is 2.02. The molecule has 0 aliphatic heterocycles. The van der Waals surface area contributed by atoms with Crippen molar-refractivity contribution in [2.75, 3.05) is 6.61 Å². The molecule has 0 amide bonds. The molecule has 2 heteroatoms. The Bertz CT molecular complexity index is 429. The monoisotopic (exact) mass is 478 g/mol. The number of ether oxygens (including phenoxy) is 1. The second-order valence-electron chi connectivity index (χ2n) is 10.7. The lowest BCUT2D eigenvalue weighted by molar-refractivity contribution is -0.143. The third-order valence-corrected chi connectivity index (χ3v) is 7.19. The number of esters is 1. The first kappa shape index (κ1) is 33.2. The van der Waals surface area contributed by atoms with Gasteiger partial charge in [-0.25, -0.2) is 0 Å². The van der Waals surface area contributed by atoms with E-state index < -0.39 is 0 Å². The molecule has 0 radical (unpaired) electrons. The molecule has 202 valence electrons. The normalized spacial score (nSPS) is 12.4. The van der Waals surface area contributed by atoms with Crippen molar-refractivity contribution in [3.8, 4) is 0 Å². The Hall–Kier alpha value is -0.790. The number of allylic oxidation sites excluding steroid dienone is 2. The van der Waals surface area contributed by atoms with Gasteiger partial charge in [-0.3, -0.25) is 4.79 Å². The fraction of sp³-hybridized carbons (Fsp3) is 0.906. The molecule has 0 aromatic rings. The van der Waals surface area contributed by atoms with E-state index in [9.17, 15) is 4.79 Å². The summed E-state index contributed by atoms with van der Waals surface area (Å²) in [4.78, 5) is 11.8. The Kier molecular flexibility index (Phi) is 27.8. The minimum Gasteiger partial charge on any atom is -0.466 e. The summed E-state index contributed by atoms with van der Waals surface area (Å²) >= 11 is 0. The molecule has 0 aliphatic carbocycles. The van der Waals surface area contributed by atoms with E-state index >= 15 is 0 Å². The third kappa shape index (κ3) is 27.5. The number of unbranched alkanes of at least 4 members (excludes halogenated alkanes) is 18. The van der Waals surface area contributed by atoms with E-state index in [0.717, 1.165) is 25.2 Å². The SMILES string of the molecule is CCCCCC/C=C\CCCCCCCC(=O)OCCCCCCCCCCCCC(C)CC. The number of hydrogen-bond donors (Lipinski definition) is 0. The largest absolute Gasteiger partial charge is 0.466 e. The van der Waals surface area contributed by atoms with Crippen molar-refractivity contribution in [1.82, 2.24) is 0 Å². The molecule has 0 N–H and O–H groups in total. The van der Waals surface area contributed by atoms with Crippen LogP contribution in [0.5, 0.6) is 0 Å². The molecule has 0 aromatic carbocycles. The Balaban J connectivity index is 3.21. The van der Waals surface area contributed by atoms with E-state index in [2.05, 4.69) is 32.9 Å². The van der Waals surface area contributed by atoms with E-state index in [4.69, 9.17) is 4.74 Å². The summed E-state index contributed by atoms with van der Waals surface area (Å²) in [5, 5.41) is 0. The molecule has 0 rings (SSSR count). The highest BCUT2D eigenvalue weighted by Crippen LogP contribution is 2.15. The minimum absolute atomic E-state index is 0.0133. The maximum atomic E-state index is 11.8. The molecule has 1 atom stereocenters. The van der Waals surface area contributed by atoms with Crippen molar-refractivity contribution in [3.63, 3.8) is 0 Å². The number of carbonyl (C=O) groups is 1. The van der Waals surface area contributed by atoms with Crippen LogP contribution in [0.3, 0.4) is 0 Å². The van der Waals surface area contributed by atoms with Gasteiger partial charge in [-0.15, -0.1) is 0 Å². The topological polar surface area (TPSA) is 26.3 Å². The van der Waals surface area contributed by atoms with Crippen molar-refractivity contribution in [2.24, 2.45) is 5.92 Å². The van der Waals surface area contributed by atoms with E-state index in [0.29, 0.717) is 13.0 Å². The summed E-state index contributed by atoms with van der Waals surface area (Å²) in [5.41, 5.74) is 0. The fourth-order valence-electron chi connectivity index (χ4n) is 4.46. The van der Waals surface area contributed by atoms with Crippen LogP contribution in [-0.2, 0) is 9.53 Å². The van der Waals surface area contributed by atoms with Gasteiger partial charge in [0.2, 0.25) is 0 Å². The molecule has 34 heavy (non-hydrogen) atoms. The molecular weight excluding hydrogens is 416 g/mol. The van der Waals surface area contributed by atoms with Crippen molar-refractivity contribution >= 4 is 5.97 Å². The first-order valence-corrected chi connectivity index (χ1v) is 15.5. The predicted octanol–water partition coefficient (Wildman–Crippen LogP) is 11.1. The lowest BCUT2D eigenvalue weighted by atomic mass is 9.99. The van der Waals surface area contributed by atoms with E-state index in [1.165, 1.54) is 128 Å². The molecule has 0 aromatic heterocycles. The molecule has 0 fully saturated rings. The van der Waals surface area contributed by atoms with Crippen LogP contribution in [0.2, 0.25) is 0 Å². The van der Waals surface area contributed by atoms with Gasteiger partial charge in [-0.05, 0) is 44.4 Å². The number of hydrogen-bond acceptors (Lipinski definition) is 2. The van der Waals surface area contributed by atoms with E-state index in [1.807, 2.05) is 0 Å². The standard InChI is InChI=1S/C32H62O2/c1-4-6-7-8-9-10-11-12-13-17-20-23-26-29-32(33)34-30-27-24-21-18-15-14-16-19-22-25-28-31(3)5-2/h10-11,31H,4-9,12-30H2,1-3H3/b11-10-. The Labute approximate surface area is 215 Å². The average Bonchev–Trinajstić information content (AvgIpc) is 2.84. The Morgan fingerprint density at radius 2 is 1.09 bits per heavy atom. The predicted molar refractivity (Wildman–Crippen MR) is 151 cm³/mol. The van der Waals surface area contributed by atoms with Crippen molar-refractivity contribution in [3.05, 3.63) is 12.2 Å². The molecule has 0 spiro atoms. The Morgan fingerprint density at radius 3 is 1.65 bits per heavy atom. The third-order valence-electron chi connectivity index (χ3n) is 7.19. The molecule has 1 unspecified atom stereocenters. The lowest BCUT2D eigenvalue weighted by Gasteiger charge is -2.07. The zero-order valence-electron chi connectivity index (χ0n) is 23.7. The van der Waals surface area contributed by atoms with Crippen LogP contribution in [0.1, 0.15) is 175 Å². The van der Waals surface area contributed by atoms with Crippen molar-refractivity contribution < 1.29 is 9.53 Å². The van der Waals surface area contributed by atoms with Gasteiger partial charge in [0.25, 0.3) is 0 Å². The van der Waals surface area contributed by atoms with E-state index in [-0.39, 0.29) is 5.97 Å². The summed E-state index contributed by atoms with van der Waals surface area (Å²) in [7, 11) is 0. The quantitative estimate of drug-likeness (QED) is 0.0666. The highest BCUT2D eigenvalue weighted by atomic mass is 16.5. The first-order valence-electron chi connectivity index (χ1n) is 15.5. The smallest absolute Gasteiger partial charge is 0.305 e. The van der Waals surface area contributed by atoms with Crippen LogP contribution in [0.4, 0.5) is 0 Å². The summed E-state index contributed by atoms with van der Waals surface area (Å²) in [6, 6.07) is 0. The zero-order valence-corrected chi connectivity index (χ0v) is 23.7. The Morgan fingerprint density at radius 1 is 0.618 bits per heavy atom. The molecular formula is C32H62O2. The van der Waals surface area contributed by atoms with Crippen LogP contribution in [0, 0.1) is 5.92 Å². The highest BCUT2D eigenvalue weighted by molar-refractivity contribution is 5.69. The summed E-state index contributed by atoms with van der Waals surface area (Å²) < 4.78 is 5.41. The van der Waals surface area contributed by atoms with Gasteiger partial charge in [0, 0.05) is 6.42 Å². The minimum atomic E-state index is 0.0133. The average molecular weight is 479 g/mol. The van der Waals surface area contributed by atoms with Crippen LogP contribution in [-0.4, -0.2) is 12.6 Å². The number of carbonyl (C=O) groups excluding carboxylic acids is 1. The maximum Gasteiger partial charge on any atom is 0.305 e. The number of rotatable bonds is 27. The lowest BCUT2D eigenvalue weighted by Crippen LogP contribution is -2.05. The molecule has 0 aliphatic rings. The first-order chi connectivity index (χ1) is 16.7. The molecule has 0 saturated carbocycles. The van der Waals surface area contributed by atoms with Crippen LogP contribution in [0.15, 0.2) is 12.2 Å². The molecule has 0 saturated heterocycles. The summed E-state index contributed by atoms with van der Waals surface area (Å²) in [5.74, 6) is 0.927. The zero-order chi connectivity index (χ0) is 25.0. The van der Waals surface area contributed by atoms with Gasteiger partial charge >= 0.3 is 5.97 Å². The second-order valence-corrected chi connectivity index (χ2v) is 10.7. The molecule has 0 bridgehead atoms. The van der Waals surface area contributed by atoms with E-state index in [1.54, 1.807) is 0 Å². The van der Waals surface area contributed by atoms with Crippen LogP contribution >= 0.6 is 0 Å². The van der Waals surface area contributed by atoms with Gasteiger partial charge in [0.15, 0.2) is 0 Å².